The lowest BCUT2D eigenvalue weighted by Crippen LogP contribution is -2.15. The summed E-state index contributed by atoms with van der Waals surface area (Å²) in [6.45, 7) is 2.91. The lowest BCUT2D eigenvalue weighted by molar-refractivity contribution is -0.137. The van der Waals surface area contributed by atoms with E-state index in [1.165, 1.54) is 38.2 Å². The zero-order valence-corrected chi connectivity index (χ0v) is 19.5. The molecule has 0 bridgehead atoms. The van der Waals surface area contributed by atoms with Gasteiger partial charge in [-0.25, -0.2) is 4.79 Å². The van der Waals surface area contributed by atoms with Gasteiger partial charge >= 0.3 is 5.97 Å². The van der Waals surface area contributed by atoms with Crippen LogP contribution in [0.15, 0.2) is 60.7 Å². The van der Waals surface area contributed by atoms with Crippen LogP contribution in [0.5, 0.6) is 11.5 Å². The molecule has 4 nitrogen and oxygen atoms in total. The van der Waals surface area contributed by atoms with Crippen LogP contribution < -0.4 is 9.47 Å². The van der Waals surface area contributed by atoms with Crippen molar-refractivity contribution in [3.05, 3.63) is 66.2 Å². The second kappa shape index (κ2) is 11.0. The number of hydrogen-bond acceptors (Lipinski definition) is 4. The molecule has 1 fully saturated rings. The SMILES string of the molecule is CCOC(=O)/C=C/c1ccc(OCC2CCCCC2)c(-c2ccc3cc(OC)ccc3c2)c1. The van der Waals surface area contributed by atoms with Crippen molar-refractivity contribution < 1.29 is 19.0 Å². The first-order valence-corrected chi connectivity index (χ1v) is 11.9. The number of ether oxygens (including phenoxy) is 3. The first-order chi connectivity index (χ1) is 16.2. The Labute approximate surface area is 196 Å². The van der Waals surface area contributed by atoms with Gasteiger partial charge in [-0.15, -0.1) is 0 Å². The highest BCUT2D eigenvalue weighted by Crippen LogP contribution is 2.35. The third-order valence-corrected chi connectivity index (χ3v) is 6.26. The number of rotatable bonds is 8. The van der Waals surface area contributed by atoms with Gasteiger partial charge in [-0.3, -0.25) is 0 Å². The van der Waals surface area contributed by atoms with Crippen LogP contribution in [0.4, 0.5) is 0 Å². The monoisotopic (exact) mass is 444 g/mol. The molecule has 0 heterocycles. The summed E-state index contributed by atoms with van der Waals surface area (Å²) in [5, 5.41) is 2.26. The van der Waals surface area contributed by atoms with Crippen LogP contribution in [0.1, 0.15) is 44.6 Å². The third kappa shape index (κ3) is 5.95. The fourth-order valence-electron chi connectivity index (χ4n) is 4.44. The summed E-state index contributed by atoms with van der Waals surface area (Å²) in [4.78, 5) is 11.8. The van der Waals surface area contributed by atoms with Gasteiger partial charge in [-0.2, -0.15) is 0 Å². The van der Waals surface area contributed by atoms with E-state index < -0.39 is 0 Å². The second-order valence-corrected chi connectivity index (χ2v) is 8.58. The summed E-state index contributed by atoms with van der Waals surface area (Å²) >= 11 is 0. The van der Waals surface area contributed by atoms with Crippen molar-refractivity contribution in [1.29, 1.82) is 0 Å². The molecule has 0 aliphatic heterocycles. The summed E-state index contributed by atoms with van der Waals surface area (Å²) in [5.41, 5.74) is 3.03. The van der Waals surface area contributed by atoms with E-state index in [2.05, 4.69) is 30.3 Å². The van der Waals surface area contributed by atoms with Gasteiger partial charge in [0.15, 0.2) is 0 Å². The Morgan fingerprint density at radius 1 is 0.970 bits per heavy atom. The molecule has 4 heteroatoms. The van der Waals surface area contributed by atoms with Gasteiger partial charge in [-0.05, 0) is 84.0 Å². The van der Waals surface area contributed by atoms with E-state index in [-0.39, 0.29) is 5.97 Å². The lowest BCUT2D eigenvalue weighted by atomic mass is 9.90. The molecular weight excluding hydrogens is 412 g/mol. The molecule has 172 valence electrons. The Hall–Kier alpha value is -3.27. The number of esters is 1. The highest BCUT2D eigenvalue weighted by atomic mass is 16.5. The molecule has 1 aliphatic rings. The highest BCUT2D eigenvalue weighted by Gasteiger charge is 2.16. The Morgan fingerprint density at radius 3 is 2.55 bits per heavy atom. The number of carbonyl (C=O) groups excluding carboxylic acids is 1. The van der Waals surface area contributed by atoms with Crippen LogP contribution >= 0.6 is 0 Å². The van der Waals surface area contributed by atoms with Gasteiger partial charge in [0.25, 0.3) is 0 Å². The Kier molecular flexibility index (Phi) is 7.66. The average molecular weight is 445 g/mol. The molecule has 33 heavy (non-hydrogen) atoms. The Bertz CT molecular complexity index is 1130. The zero-order chi connectivity index (χ0) is 23.0. The number of carbonyl (C=O) groups is 1. The van der Waals surface area contributed by atoms with Gasteiger partial charge < -0.3 is 14.2 Å². The molecule has 4 rings (SSSR count). The summed E-state index contributed by atoms with van der Waals surface area (Å²) in [6, 6.07) is 18.6. The van der Waals surface area contributed by atoms with E-state index in [1.54, 1.807) is 20.1 Å². The van der Waals surface area contributed by atoms with Crippen molar-refractivity contribution in [3.8, 4) is 22.6 Å². The maximum atomic E-state index is 11.8. The highest BCUT2D eigenvalue weighted by molar-refractivity contribution is 5.90. The Morgan fingerprint density at radius 2 is 1.76 bits per heavy atom. The molecule has 0 saturated heterocycles. The van der Waals surface area contributed by atoms with Crippen molar-refractivity contribution in [3.63, 3.8) is 0 Å². The standard InChI is InChI=1S/C29H32O4/c1-3-32-29(30)16-10-21-9-15-28(33-20-22-7-5-4-6-8-22)27(17-21)25-12-11-24-19-26(31-2)14-13-23(24)18-25/h9-19,22H,3-8,20H2,1-2H3/b16-10+. The maximum Gasteiger partial charge on any atom is 0.330 e. The topological polar surface area (TPSA) is 44.8 Å². The average Bonchev–Trinajstić information content (AvgIpc) is 2.86. The van der Waals surface area contributed by atoms with Crippen molar-refractivity contribution >= 4 is 22.8 Å². The minimum absolute atomic E-state index is 0.337. The van der Waals surface area contributed by atoms with Gasteiger partial charge in [0, 0.05) is 11.6 Å². The normalized spacial score (nSPS) is 14.5. The first-order valence-electron chi connectivity index (χ1n) is 11.9. The quantitative estimate of drug-likeness (QED) is 0.276. The third-order valence-electron chi connectivity index (χ3n) is 6.26. The van der Waals surface area contributed by atoms with Crippen LogP contribution in [0, 0.1) is 5.92 Å². The van der Waals surface area contributed by atoms with Gasteiger partial charge in [0.1, 0.15) is 11.5 Å². The van der Waals surface area contributed by atoms with E-state index >= 15 is 0 Å². The number of benzene rings is 3. The van der Waals surface area contributed by atoms with Crippen LogP contribution in [0.3, 0.4) is 0 Å². The summed E-state index contributed by atoms with van der Waals surface area (Å²) in [6.07, 6.45) is 9.68. The minimum Gasteiger partial charge on any atom is -0.497 e. The molecule has 0 N–H and O–H groups in total. The van der Waals surface area contributed by atoms with Crippen LogP contribution in [0.2, 0.25) is 0 Å². The predicted molar refractivity (Wildman–Crippen MR) is 134 cm³/mol. The molecule has 0 radical (unpaired) electrons. The van der Waals surface area contributed by atoms with Crippen LogP contribution in [0.25, 0.3) is 28.0 Å². The molecule has 0 unspecified atom stereocenters. The fourth-order valence-corrected chi connectivity index (χ4v) is 4.44. The van der Waals surface area contributed by atoms with Crippen molar-refractivity contribution in [2.24, 2.45) is 5.92 Å². The number of methoxy groups -OCH3 is 1. The summed E-state index contributed by atoms with van der Waals surface area (Å²) in [5.74, 6) is 2.01. The van der Waals surface area contributed by atoms with Crippen LogP contribution in [-0.2, 0) is 9.53 Å². The summed E-state index contributed by atoms with van der Waals surface area (Å²) in [7, 11) is 1.68. The smallest absolute Gasteiger partial charge is 0.330 e. The van der Waals surface area contributed by atoms with Crippen molar-refractivity contribution in [2.75, 3.05) is 20.3 Å². The first kappa shape index (κ1) is 22.9. The molecule has 3 aromatic rings. The van der Waals surface area contributed by atoms with Gasteiger partial charge in [-0.1, -0.05) is 43.5 Å². The predicted octanol–water partition coefficient (Wildman–Crippen LogP) is 7.05. The molecular formula is C29H32O4. The molecule has 0 aromatic heterocycles. The van der Waals surface area contributed by atoms with Gasteiger partial charge in [0.05, 0.1) is 20.3 Å². The van der Waals surface area contributed by atoms with Crippen LogP contribution in [-0.4, -0.2) is 26.3 Å². The zero-order valence-electron chi connectivity index (χ0n) is 19.5. The van der Waals surface area contributed by atoms with Gasteiger partial charge in [0.2, 0.25) is 0 Å². The largest absolute Gasteiger partial charge is 0.497 e. The fraction of sp³-hybridized carbons (Fsp3) is 0.345. The van der Waals surface area contributed by atoms with Crippen molar-refractivity contribution in [1.82, 2.24) is 0 Å². The van der Waals surface area contributed by atoms with E-state index in [4.69, 9.17) is 14.2 Å². The van der Waals surface area contributed by atoms with E-state index in [0.717, 1.165) is 45.6 Å². The molecule has 3 aromatic carbocycles. The van der Waals surface area contributed by atoms with E-state index in [0.29, 0.717) is 12.5 Å². The molecule has 0 atom stereocenters. The number of hydrogen-bond donors (Lipinski definition) is 0. The second-order valence-electron chi connectivity index (χ2n) is 8.58. The minimum atomic E-state index is -0.337. The van der Waals surface area contributed by atoms with E-state index in [9.17, 15) is 4.79 Å². The molecule has 1 saturated carbocycles. The summed E-state index contributed by atoms with van der Waals surface area (Å²) < 4.78 is 16.7. The van der Waals surface area contributed by atoms with Crippen molar-refractivity contribution in [2.45, 2.75) is 39.0 Å². The molecule has 0 amide bonds. The number of fused-ring (bicyclic) bond motifs is 1. The molecule has 0 spiro atoms. The maximum absolute atomic E-state index is 11.8. The van der Waals surface area contributed by atoms with E-state index in [1.807, 2.05) is 24.3 Å². The molecule has 1 aliphatic carbocycles. The Balaban J connectivity index is 1.66. The lowest BCUT2D eigenvalue weighted by Gasteiger charge is -2.22.